The van der Waals surface area contributed by atoms with Crippen molar-refractivity contribution >= 4 is 13.5 Å². The van der Waals surface area contributed by atoms with Crippen LogP contribution in [0.1, 0.15) is 6.92 Å². The molecule has 0 aromatic heterocycles. The summed E-state index contributed by atoms with van der Waals surface area (Å²) in [5, 5.41) is 7.57. The van der Waals surface area contributed by atoms with Gasteiger partial charge in [0.1, 0.15) is 0 Å². The molecule has 0 aliphatic heterocycles. The van der Waals surface area contributed by atoms with E-state index in [1.54, 1.807) is 6.92 Å². The number of aliphatic hydroxyl groups is 1. The minimum Gasteiger partial charge on any atom is -2.00 e. The van der Waals surface area contributed by atoms with Gasteiger partial charge in [-0.2, -0.15) is 0 Å². The summed E-state index contributed by atoms with van der Waals surface area (Å²) in [6.07, 6.45) is 0. The second-order valence-electron chi connectivity index (χ2n) is 0.316. The molecular formula is C2H6Li2OS. The second-order valence-corrected chi connectivity index (χ2v) is 0.316. The summed E-state index contributed by atoms with van der Waals surface area (Å²) in [5.41, 5.74) is 0. The number of hydrogen-bond donors (Lipinski definition) is 1. The van der Waals surface area contributed by atoms with E-state index in [2.05, 4.69) is 0 Å². The normalized spacial score (nSPS) is 3.00. The van der Waals surface area contributed by atoms with E-state index in [0.29, 0.717) is 0 Å². The van der Waals surface area contributed by atoms with Crippen molar-refractivity contribution in [1.29, 1.82) is 0 Å². The fourth-order valence-electron chi connectivity index (χ4n) is 0. The zero-order valence-corrected chi connectivity index (χ0v) is 5.38. The first kappa shape index (κ1) is 25.9. The molecule has 0 aliphatic rings. The van der Waals surface area contributed by atoms with Gasteiger partial charge in [0.25, 0.3) is 0 Å². The summed E-state index contributed by atoms with van der Waals surface area (Å²) in [4.78, 5) is 0. The Balaban J connectivity index is -0.00000000667. The van der Waals surface area contributed by atoms with Crippen LogP contribution >= 0.6 is 0 Å². The van der Waals surface area contributed by atoms with Crippen molar-refractivity contribution in [3.8, 4) is 0 Å². The zero-order valence-electron chi connectivity index (χ0n) is 4.56. The molecule has 0 heterocycles. The van der Waals surface area contributed by atoms with Crippen LogP contribution in [0.3, 0.4) is 0 Å². The van der Waals surface area contributed by atoms with Crippen LogP contribution in [0.5, 0.6) is 0 Å². The van der Waals surface area contributed by atoms with Crippen molar-refractivity contribution in [3.63, 3.8) is 0 Å². The van der Waals surface area contributed by atoms with Crippen LogP contribution in [0, 0.1) is 0 Å². The Hall–Kier alpha value is 1.50. The topological polar surface area (TPSA) is 20.2 Å². The molecule has 0 aromatic rings. The molecule has 0 fully saturated rings. The van der Waals surface area contributed by atoms with Crippen molar-refractivity contribution in [2.75, 3.05) is 6.61 Å². The van der Waals surface area contributed by atoms with Crippen LogP contribution < -0.4 is 37.7 Å². The van der Waals surface area contributed by atoms with E-state index in [1.807, 2.05) is 0 Å². The molecule has 0 spiro atoms. The van der Waals surface area contributed by atoms with E-state index in [-0.39, 0.29) is 57.8 Å². The molecule has 0 aromatic carbocycles. The van der Waals surface area contributed by atoms with Gasteiger partial charge >= 0.3 is 37.7 Å². The molecule has 0 atom stereocenters. The third-order valence-corrected chi connectivity index (χ3v) is 0. The fourth-order valence-corrected chi connectivity index (χ4v) is 0. The van der Waals surface area contributed by atoms with Crippen molar-refractivity contribution < 1.29 is 42.8 Å². The SMILES string of the molecule is CCO.[Li+].[Li+].[S-2]. The first-order valence-electron chi connectivity index (χ1n) is 1.02. The van der Waals surface area contributed by atoms with Crippen LogP contribution in [0.2, 0.25) is 0 Å². The standard InChI is InChI=1S/C2H6O.2Li.S/c1-2-3;;;/h3H,2H2,1H3;;;/q;2*+1;-2. The third kappa shape index (κ3) is 49.3. The maximum Gasteiger partial charge on any atom is 1.00 e. The Morgan fingerprint density at radius 2 is 1.33 bits per heavy atom. The summed E-state index contributed by atoms with van der Waals surface area (Å²) >= 11 is 0. The smallest absolute Gasteiger partial charge is 1.00 e. The van der Waals surface area contributed by atoms with Crippen molar-refractivity contribution in [3.05, 3.63) is 0 Å². The van der Waals surface area contributed by atoms with Crippen LogP contribution in [0.15, 0.2) is 0 Å². The van der Waals surface area contributed by atoms with Crippen LogP contribution in [0.4, 0.5) is 0 Å². The average Bonchev–Trinajstić information content (AvgIpc) is 0.918. The van der Waals surface area contributed by atoms with E-state index >= 15 is 0 Å². The Morgan fingerprint density at radius 1 is 1.33 bits per heavy atom. The van der Waals surface area contributed by atoms with E-state index in [9.17, 15) is 0 Å². The predicted octanol–water partition coefficient (Wildman–Crippen LogP) is -6.00. The van der Waals surface area contributed by atoms with Gasteiger partial charge in [-0.05, 0) is 6.92 Å². The minimum absolute atomic E-state index is 0. The monoisotopic (exact) mass is 92.0 g/mol. The van der Waals surface area contributed by atoms with E-state index in [1.165, 1.54) is 0 Å². The quantitative estimate of drug-likeness (QED) is 0.295. The number of rotatable bonds is 0. The molecule has 0 saturated carbocycles. The largest absolute Gasteiger partial charge is 2.00 e. The molecular weight excluding hydrogens is 86.0 g/mol. The maximum absolute atomic E-state index is 7.57. The van der Waals surface area contributed by atoms with Gasteiger partial charge in [-0.15, -0.1) is 0 Å². The van der Waals surface area contributed by atoms with E-state index in [4.69, 9.17) is 5.11 Å². The molecule has 1 nitrogen and oxygen atoms in total. The summed E-state index contributed by atoms with van der Waals surface area (Å²) in [6, 6.07) is 0. The molecule has 28 valence electrons. The predicted molar refractivity (Wildman–Crippen MR) is 20.1 cm³/mol. The first-order chi connectivity index (χ1) is 1.41. The molecule has 4 heteroatoms. The minimum atomic E-state index is 0. The van der Waals surface area contributed by atoms with Gasteiger partial charge in [-0.25, -0.2) is 0 Å². The van der Waals surface area contributed by atoms with E-state index in [0.717, 1.165) is 0 Å². The third-order valence-electron chi connectivity index (χ3n) is 0. The fraction of sp³-hybridized carbons (Fsp3) is 1.00. The van der Waals surface area contributed by atoms with Crippen LogP contribution in [-0.4, -0.2) is 11.7 Å². The molecule has 0 amide bonds. The van der Waals surface area contributed by atoms with Crippen LogP contribution in [-0.2, 0) is 13.5 Å². The van der Waals surface area contributed by atoms with Gasteiger partial charge in [-0.3, -0.25) is 0 Å². The van der Waals surface area contributed by atoms with E-state index < -0.39 is 0 Å². The number of aliphatic hydroxyl groups excluding tert-OH is 1. The Labute approximate surface area is 69.7 Å². The second kappa shape index (κ2) is 31.4. The molecule has 0 saturated heterocycles. The average molecular weight is 92.0 g/mol. The van der Waals surface area contributed by atoms with Gasteiger partial charge in [0.05, 0.1) is 0 Å². The molecule has 0 bridgehead atoms. The summed E-state index contributed by atoms with van der Waals surface area (Å²) in [5.74, 6) is 0. The molecule has 0 rings (SSSR count). The number of hydrogen-bond acceptors (Lipinski definition) is 1. The van der Waals surface area contributed by atoms with Gasteiger partial charge in [0, 0.05) is 6.61 Å². The van der Waals surface area contributed by atoms with Gasteiger partial charge in [-0.1, -0.05) is 0 Å². The summed E-state index contributed by atoms with van der Waals surface area (Å²) in [6.45, 7) is 1.93. The molecule has 0 unspecified atom stereocenters. The van der Waals surface area contributed by atoms with Crippen molar-refractivity contribution in [2.45, 2.75) is 6.92 Å². The summed E-state index contributed by atoms with van der Waals surface area (Å²) < 4.78 is 0. The van der Waals surface area contributed by atoms with Gasteiger partial charge < -0.3 is 18.6 Å². The molecule has 1 N–H and O–H groups in total. The van der Waals surface area contributed by atoms with Gasteiger partial charge in [0.2, 0.25) is 0 Å². The maximum atomic E-state index is 7.57. The molecule has 0 aliphatic carbocycles. The Morgan fingerprint density at radius 3 is 1.33 bits per heavy atom. The summed E-state index contributed by atoms with van der Waals surface area (Å²) in [7, 11) is 0. The Kier molecular flexibility index (Phi) is 135. The molecule has 0 radical (unpaired) electrons. The molecule has 6 heavy (non-hydrogen) atoms. The van der Waals surface area contributed by atoms with Crippen molar-refractivity contribution in [2.24, 2.45) is 0 Å². The Bertz CT molecular complexity index is 11.5. The van der Waals surface area contributed by atoms with Crippen LogP contribution in [0.25, 0.3) is 0 Å². The van der Waals surface area contributed by atoms with Gasteiger partial charge in [0.15, 0.2) is 0 Å². The van der Waals surface area contributed by atoms with Crippen molar-refractivity contribution in [1.82, 2.24) is 0 Å². The zero-order chi connectivity index (χ0) is 2.71. The first-order valence-corrected chi connectivity index (χ1v) is 1.02.